The number of halogens is 1. The minimum absolute atomic E-state index is 0.131. The Kier molecular flexibility index (Phi) is 3.71. The highest BCUT2D eigenvalue weighted by Crippen LogP contribution is 2.35. The van der Waals surface area contributed by atoms with Crippen molar-refractivity contribution in [2.75, 3.05) is 11.9 Å². The van der Waals surface area contributed by atoms with Crippen LogP contribution in [-0.2, 0) is 0 Å². The molecule has 1 unspecified atom stereocenters. The predicted molar refractivity (Wildman–Crippen MR) is 89.9 cm³/mol. The maximum absolute atomic E-state index is 6.08. The summed E-state index contributed by atoms with van der Waals surface area (Å²) in [5.41, 5.74) is 2.53. The van der Waals surface area contributed by atoms with Gasteiger partial charge in [-0.2, -0.15) is 0 Å². The fourth-order valence-electron chi connectivity index (χ4n) is 2.81. The molecule has 4 rings (SSSR count). The zero-order valence-electron chi connectivity index (χ0n) is 12.4. The zero-order chi connectivity index (χ0) is 15.6. The van der Waals surface area contributed by atoms with Crippen molar-refractivity contribution in [3.05, 3.63) is 53.3 Å². The first-order valence-corrected chi connectivity index (χ1v) is 7.94. The first-order valence-electron chi connectivity index (χ1n) is 7.56. The molecule has 3 aromatic rings. The number of ether oxygens (including phenoxy) is 1. The monoisotopic (exact) mass is 326 g/mol. The molecule has 0 aliphatic carbocycles. The quantitative estimate of drug-likeness (QED) is 0.771. The van der Waals surface area contributed by atoms with E-state index in [4.69, 9.17) is 16.3 Å². The van der Waals surface area contributed by atoms with Gasteiger partial charge in [-0.1, -0.05) is 17.7 Å². The van der Waals surface area contributed by atoms with Crippen molar-refractivity contribution < 1.29 is 4.74 Å². The lowest BCUT2D eigenvalue weighted by Crippen LogP contribution is -2.11. The lowest BCUT2D eigenvalue weighted by atomic mass is 10.0. The molecule has 1 aromatic carbocycles. The molecule has 2 aromatic heterocycles. The molecule has 23 heavy (non-hydrogen) atoms. The summed E-state index contributed by atoms with van der Waals surface area (Å²) in [7, 11) is 0. The smallest absolute Gasteiger partial charge is 0.180 e. The van der Waals surface area contributed by atoms with Crippen molar-refractivity contribution in [1.29, 1.82) is 0 Å². The number of rotatable bonds is 2. The minimum atomic E-state index is 0.131. The number of hydrogen-bond acceptors (Lipinski definition) is 5. The SMILES string of the molecule is Clc1ccc2c(c1)OCCCC2Nc1ccc2nccnc2n1. The molecular weight excluding hydrogens is 312 g/mol. The second-order valence-electron chi connectivity index (χ2n) is 5.47. The molecule has 1 N–H and O–H groups in total. The Labute approximate surface area is 138 Å². The van der Waals surface area contributed by atoms with E-state index in [0.717, 1.165) is 35.5 Å². The topological polar surface area (TPSA) is 59.9 Å². The van der Waals surface area contributed by atoms with Gasteiger partial charge in [-0.05, 0) is 37.1 Å². The Morgan fingerprint density at radius 3 is 3.00 bits per heavy atom. The molecule has 116 valence electrons. The van der Waals surface area contributed by atoms with Gasteiger partial charge in [0.15, 0.2) is 5.65 Å². The summed E-state index contributed by atoms with van der Waals surface area (Å²) >= 11 is 6.08. The third kappa shape index (κ3) is 2.92. The maximum Gasteiger partial charge on any atom is 0.180 e. The van der Waals surface area contributed by atoms with Crippen molar-refractivity contribution in [2.24, 2.45) is 0 Å². The predicted octanol–water partition coefficient (Wildman–Crippen LogP) is 4.00. The van der Waals surface area contributed by atoms with E-state index in [2.05, 4.69) is 20.3 Å². The summed E-state index contributed by atoms with van der Waals surface area (Å²) in [6, 6.07) is 9.76. The molecule has 1 atom stereocenters. The number of benzene rings is 1. The van der Waals surface area contributed by atoms with Crippen molar-refractivity contribution in [3.8, 4) is 5.75 Å². The number of aromatic nitrogens is 3. The molecular formula is C17H15ClN4O. The van der Waals surface area contributed by atoms with Gasteiger partial charge in [-0.25, -0.2) is 9.97 Å². The molecule has 0 saturated heterocycles. The molecule has 0 spiro atoms. The average molecular weight is 327 g/mol. The van der Waals surface area contributed by atoms with Crippen LogP contribution < -0.4 is 10.1 Å². The van der Waals surface area contributed by atoms with Crippen LogP contribution in [0.5, 0.6) is 5.75 Å². The van der Waals surface area contributed by atoms with Gasteiger partial charge in [0, 0.05) is 23.0 Å². The van der Waals surface area contributed by atoms with Crippen LogP contribution in [0.2, 0.25) is 5.02 Å². The summed E-state index contributed by atoms with van der Waals surface area (Å²) in [4.78, 5) is 13.0. The maximum atomic E-state index is 6.08. The molecule has 0 saturated carbocycles. The van der Waals surface area contributed by atoms with Crippen LogP contribution in [-0.4, -0.2) is 21.6 Å². The van der Waals surface area contributed by atoms with E-state index < -0.39 is 0 Å². The van der Waals surface area contributed by atoms with Crippen LogP contribution in [0.3, 0.4) is 0 Å². The van der Waals surface area contributed by atoms with Crippen molar-refractivity contribution in [3.63, 3.8) is 0 Å². The van der Waals surface area contributed by atoms with Gasteiger partial charge in [0.05, 0.1) is 12.6 Å². The molecule has 1 aliphatic rings. The van der Waals surface area contributed by atoms with E-state index in [-0.39, 0.29) is 6.04 Å². The Bertz CT molecular complexity index is 855. The first kappa shape index (κ1) is 14.2. The second-order valence-corrected chi connectivity index (χ2v) is 5.90. The van der Waals surface area contributed by atoms with Crippen LogP contribution in [0.1, 0.15) is 24.4 Å². The molecule has 3 heterocycles. The van der Waals surface area contributed by atoms with Gasteiger partial charge in [-0.3, -0.25) is 4.98 Å². The van der Waals surface area contributed by atoms with E-state index in [1.165, 1.54) is 0 Å². The summed E-state index contributed by atoms with van der Waals surface area (Å²) in [5.74, 6) is 1.62. The minimum Gasteiger partial charge on any atom is -0.493 e. The Morgan fingerprint density at radius 1 is 1.13 bits per heavy atom. The number of hydrogen-bond donors (Lipinski definition) is 1. The third-order valence-corrected chi connectivity index (χ3v) is 4.13. The summed E-state index contributed by atoms with van der Waals surface area (Å²) in [6.45, 7) is 0.697. The van der Waals surface area contributed by atoms with Gasteiger partial charge < -0.3 is 10.1 Å². The third-order valence-electron chi connectivity index (χ3n) is 3.90. The highest BCUT2D eigenvalue weighted by atomic mass is 35.5. The summed E-state index contributed by atoms with van der Waals surface area (Å²) in [6.07, 6.45) is 5.25. The standard InChI is InChI=1S/C17H15ClN4O/c18-11-3-4-12-13(2-1-9-23-15(12)10-11)21-16-6-5-14-17(22-16)20-8-7-19-14/h3-8,10,13H,1-2,9H2,(H,20,21,22). The van der Waals surface area contributed by atoms with E-state index >= 15 is 0 Å². The fourth-order valence-corrected chi connectivity index (χ4v) is 2.97. The van der Waals surface area contributed by atoms with Crippen LogP contribution in [0.25, 0.3) is 11.2 Å². The molecule has 5 nitrogen and oxygen atoms in total. The normalized spacial score (nSPS) is 17.2. The van der Waals surface area contributed by atoms with Gasteiger partial charge in [-0.15, -0.1) is 0 Å². The Balaban J connectivity index is 1.67. The van der Waals surface area contributed by atoms with Crippen molar-refractivity contribution in [2.45, 2.75) is 18.9 Å². The second kappa shape index (κ2) is 6.01. The molecule has 1 aliphatic heterocycles. The lowest BCUT2D eigenvalue weighted by molar-refractivity contribution is 0.316. The van der Waals surface area contributed by atoms with Crippen LogP contribution >= 0.6 is 11.6 Å². The average Bonchev–Trinajstić information content (AvgIpc) is 2.77. The van der Waals surface area contributed by atoms with Gasteiger partial charge in [0.25, 0.3) is 0 Å². The van der Waals surface area contributed by atoms with Crippen LogP contribution in [0, 0.1) is 0 Å². The highest BCUT2D eigenvalue weighted by Gasteiger charge is 2.20. The van der Waals surface area contributed by atoms with Gasteiger partial charge in [0.1, 0.15) is 17.1 Å². The van der Waals surface area contributed by atoms with E-state index in [1.807, 2.05) is 30.3 Å². The van der Waals surface area contributed by atoms with Crippen LogP contribution in [0.15, 0.2) is 42.7 Å². The summed E-state index contributed by atoms with van der Waals surface area (Å²) in [5, 5.41) is 4.17. The van der Waals surface area contributed by atoms with Crippen molar-refractivity contribution >= 4 is 28.6 Å². The van der Waals surface area contributed by atoms with Crippen molar-refractivity contribution in [1.82, 2.24) is 15.0 Å². The Hall–Kier alpha value is -2.40. The first-order chi connectivity index (χ1) is 11.3. The van der Waals surface area contributed by atoms with Gasteiger partial charge in [0.2, 0.25) is 0 Å². The zero-order valence-corrected chi connectivity index (χ0v) is 13.1. The highest BCUT2D eigenvalue weighted by molar-refractivity contribution is 6.30. The number of anilines is 1. The molecule has 0 amide bonds. The Morgan fingerprint density at radius 2 is 2.04 bits per heavy atom. The summed E-state index contributed by atoms with van der Waals surface area (Å²) < 4.78 is 5.80. The van der Waals surface area contributed by atoms with E-state index in [1.54, 1.807) is 12.4 Å². The fraction of sp³-hybridized carbons (Fsp3) is 0.235. The largest absolute Gasteiger partial charge is 0.493 e. The van der Waals surface area contributed by atoms with Crippen LogP contribution in [0.4, 0.5) is 5.82 Å². The molecule has 0 fully saturated rings. The molecule has 6 heteroatoms. The van der Waals surface area contributed by atoms with Gasteiger partial charge >= 0.3 is 0 Å². The number of pyridine rings is 1. The number of nitrogens with one attached hydrogen (secondary N) is 1. The number of nitrogens with zero attached hydrogens (tertiary/aromatic N) is 3. The lowest BCUT2D eigenvalue weighted by Gasteiger charge is -2.19. The van der Waals surface area contributed by atoms with E-state index in [0.29, 0.717) is 17.3 Å². The number of fused-ring (bicyclic) bond motifs is 2. The van der Waals surface area contributed by atoms with E-state index in [9.17, 15) is 0 Å². The molecule has 0 radical (unpaired) electrons. The molecule has 0 bridgehead atoms.